The first-order valence-electron chi connectivity index (χ1n) is 5.08. The third-order valence-corrected chi connectivity index (χ3v) is 1.87. The summed E-state index contributed by atoms with van der Waals surface area (Å²) >= 11 is 0. The summed E-state index contributed by atoms with van der Waals surface area (Å²) in [6.45, 7) is 7.22. The summed E-state index contributed by atoms with van der Waals surface area (Å²) in [6, 6.07) is 0. The Bertz CT molecular complexity index is 191. The average molecular weight is 200 g/mol. The molecule has 2 N–H and O–H groups in total. The fourth-order valence-electron chi connectivity index (χ4n) is 0.915. The van der Waals surface area contributed by atoms with Crippen molar-refractivity contribution in [3.8, 4) is 0 Å². The summed E-state index contributed by atoms with van der Waals surface area (Å²) in [5.74, 6) is 0.192. The lowest BCUT2D eigenvalue weighted by Gasteiger charge is -2.06. The molecule has 14 heavy (non-hydrogen) atoms. The standard InChI is InChI=1S/C10H20N2O2/c1-4-11-7-10(14)12-6-5-9(13)8(2)3/h8,11H,4-7H2,1-3H3,(H,12,14). The Labute approximate surface area is 85.4 Å². The van der Waals surface area contributed by atoms with Crippen molar-refractivity contribution in [2.45, 2.75) is 27.2 Å². The maximum absolute atomic E-state index is 11.2. The quantitative estimate of drug-likeness (QED) is 0.622. The lowest BCUT2D eigenvalue weighted by atomic mass is 10.1. The normalized spacial score (nSPS) is 10.3. The van der Waals surface area contributed by atoms with Crippen molar-refractivity contribution in [1.82, 2.24) is 10.6 Å². The highest BCUT2D eigenvalue weighted by Crippen LogP contribution is 1.96. The van der Waals surface area contributed by atoms with Crippen LogP contribution in [-0.4, -0.2) is 31.3 Å². The van der Waals surface area contributed by atoms with Gasteiger partial charge in [0.05, 0.1) is 6.54 Å². The summed E-state index contributed by atoms with van der Waals surface area (Å²) in [5, 5.41) is 5.59. The molecule has 0 radical (unpaired) electrons. The molecule has 0 spiro atoms. The first-order valence-corrected chi connectivity index (χ1v) is 5.08. The molecule has 4 heteroatoms. The molecular weight excluding hydrogens is 180 g/mol. The molecule has 0 aromatic carbocycles. The molecule has 0 aromatic heterocycles. The van der Waals surface area contributed by atoms with Gasteiger partial charge in [0.25, 0.3) is 0 Å². The molecule has 0 rings (SSSR count). The van der Waals surface area contributed by atoms with Crippen molar-refractivity contribution in [2.75, 3.05) is 19.6 Å². The van der Waals surface area contributed by atoms with Gasteiger partial charge in [0.15, 0.2) is 0 Å². The van der Waals surface area contributed by atoms with Gasteiger partial charge >= 0.3 is 0 Å². The molecule has 0 atom stereocenters. The van der Waals surface area contributed by atoms with Crippen LogP contribution in [0.15, 0.2) is 0 Å². The van der Waals surface area contributed by atoms with Crippen LogP contribution in [0.25, 0.3) is 0 Å². The van der Waals surface area contributed by atoms with Crippen molar-refractivity contribution in [1.29, 1.82) is 0 Å². The topological polar surface area (TPSA) is 58.2 Å². The van der Waals surface area contributed by atoms with Gasteiger partial charge in [-0.3, -0.25) is 9.59 Å². The van der Waals surface area contributed by atoms with E-state index < -0.39 is 0 Å². The predicted octanol–water partition coefficient (Wildman–Crippen LogP) is 0.327. The van der Waals surface area contributed by atoms with Crippen molar-refractivity contribution in [3.05, 3.63) is 0 Å². The SMILES string of the molecule is CCNCC(=O)NCCC(=O)C(C)C. The fraction of sp³-hybridized carbons (Fsp3) is 0.800. The van der Waals surface area contributed by atoms with E-state index in [1.165, 1.54) is 0 Å². The van der Waals surface area contributed by atoms with Gasteiger partial charge in [0.2, 0.25) is 5.91 Å². The number of carbonyl (C=O) groups is 2. The summed E-state index contributed by atoms with van der Waals surface area (Å²) in [5.41, 5.74) is 0. The van der Waals surface area contributed by atoms with Crippen molar-refractivity contribution in [2.24, 2.45) is 5.92 Å². The summed E-state index contributed by atoms with van der Waals surface area (Å²) in [4.78, 5) is 22.2. The van der Waals surface area contributed by atoms with Crippen molar-refractivity contribution in [3.63, 3.8) is 0 Å². The van der Waals surface area contributed by atoms with Crippen LogP contribution in [0, 0.1) is 5.92 Å². The number of likely N-dealkylation sites (N-methyl/N-ethyl adjacent to an activating group) is 1. The Hall–Kier alpha value is -0.900. The molecule has 0 aliphatic rings. The van der Waals surface area contributed by atoms with Gasteiger partial charge in [-0.1, -0.05) is 20.8 Å². The van der Waals surface area contributed by atoms with Crippen LogP contribution in [0.5, 0.6) is 0 Å². The van der Waals surface area contributed by atoms with E-state index in [-0.39, 0.29) is 17.6 Å². The molecule has 0 unspecified atom stereocenters. The van der Waals surface area contributed by atoms with Gasteiger partial charge in [-0.25, -0.2) is 0 Å². The highest BCUT2D eigenvalue weighted by atomic mass is 16.2. The molecule has 0 aliphatic heterocycles. The van der Waals surface area contributed by atoms with E-state index in [0.717, 1.165) is 6.54 Å². The van der Waals surface area contributed by atoms with Crippen LogP contribution >= 0.6 is 0 Å². The molecule has 82 valence electrons. The van der Waals surface area contributed by atoms with E-state index in [9.17, 15) is 9.59 Å². The zero-order valence-electron chi connectivity index (χ0n) is 9.22. The molecule has 1 amide bonds. The molecule has 0 fully saturated rings. The minimum Gasteiger partial charge on any atom is -0.355 e. The Morgan fingerprint density at radius 1 is 1.29 bits per heavy atom. The van der Waals surface area contributed by atoms with E-state index in [4.69, 9.17) is 0 Å². The Kier molecular flexibility index (Phi) is 7.02. The first kappa shape index (κ1) is 13.1. The van der Waals surface area contributed by atoms with Gasteiger partial charge < -0.3 is 10.6 Å². The monoisotopic (exact) mass is 200 g/mol. The van der Waals surface area contributed by atoms with Crippen LogP contribution in [-0.2, 0) is 9.59 Å². The number of nitrogens with one attached hydrogen (secondary N) is 2. The molecule has 0 bridgehead atoms. The highest BCUT2D eigenvalue weighted by Gasteiger charge is 2.07. The fourth-order valence-corrected chi connectivity index (χ4v) is 0.915. The minimum absolute atomic E-state index is 0.0524. The number of rotatable bonds is 7. The summed E-state index contributed by atoms with van der Waals surface area (Å²) in [6.07, 6.45) is 0.426. The van der Waals surface area contributed by atoms with Gasteiger partial charge in [-0.15, -0.1) is 0 Å². The third-order valence-electron chi connectivity index (χ3n) is 1.87. The maximum atomic E-state index is 11.2. The molecule has 0 aromatic rings. The third kappa shape index (κ3) is 6.60. The van der Waals surface area contributed by atoms with Gasteiger partial charge in [-0.05, 0) is 6.54 Å². The zero-order chi connectivity index (χ0) is 11.0. The number of Topliss-reactive ketones (excluding diaryl/α,β-unsaturated/α-hetero) is 1. The Morgan fingerprint density at radius 3 is 2.43 bits per heavy atom. The number of carbonyl (C=O) groups excluding carboxylic acids is 2. The Morgan fingerprint density at radius 2 is 1.93 bits per heavy atom. The molecule has 4 nitrogen and oxygen atoms in total. The van der Waals surface area contributed by atoms with Crippen LogP contribution in [0.2, 0.25) is 0 Å². The van der Waals surface area contributed by atoms with E-state index in [0.29, 0.717) is 19.5 Å². The smallest absolute Gasteiger partial charge is 0.233 e. The lowest BCUT2D eigenvalue weighted by Crippen LogP contribution is -2.35. The molecule has 0 aliphatic carbocycles. The molecule has 0 saturated carbocycles. The zero-order valence-corrected chi connectivity index (χ0v) is 9.22. The van der Waals surface area contributed by atoms with Crippen LogP contribution < -0.4 is 10.6 Å². The van der Waals surface area contributed by atoms with Gasteiger partial charge in [0, 0.05) is 18.9 Å². The van der Waals surface area contributed by atoms with E-state index in [1.54, 1.807) is 0 Å². The second-order valence-electron chi connectivity index (χ2n) is 3.50. The van der Waals surface area contributed by atoms with E-state index in [1.807, 2.05) is 20.8 Å². The second kappa shape index (κ2) is 7.50. The Balaban J connectivity index is 3.44. The first-order chi connectivity index (χ1) is 6.57. The predicted molar refractivity (Wildman–Crippen MR) is 56.0 cm³/mol. The largest absolute Gasteiger partial charge is 0.355 e. The van der Waals surface area contributed by atoms with Crippen molar-refractivity contribution >= 4 is 11.7 Å². The van der Waals surface area contributed by atoms with Gasteiger partial charge in [-0.2, -0.15) is 0 Å². The van der Waals surface area contributed by atoms with E-state index >= 15 is 0 Å². The summed E-state index contributed by atoms with van der Waals surface area (Å²) < 4.78 is 0. The molecular formula is C10H20N2O2. The summed E-state index contributed by atoms with van der Waals surface area (Å²) in [7, 11) is 0. The van der Waals surface area contributed by atoms with Crippen LogP contribution in [0.1, 0.15) is 27.2 Å². The number of ketones is 1. The van der Waals surface area contributed by atoms with E-state index in [2.05, 4.69) is 10.6 Å². The lowest BCUT2D eigenvalue weighted by molar-refractivity contribution is -0.122. The molecule has 0 heterocycles. The van der Waals surface area contributed by atoms with Gasteiger partial charge in [0.1, 0.15) is 5.78 Å². The number of hydrogen-bond acceptors (Lipinski definition) is 3. The number of hydrogen-bond donors (Lipinski definition) is 2. The van der Waals surface area contributed by atoms with Crippen LogP contribution in [0.4, 0.5) is 0 Å². The average Bonchev–Trinajstić information content (AvgIpc) is 2.14. The minimum atomic E-state index is -0.0524. The second-order valence-corrected chi connectivity index (χ2v) is 3.50. The number of amides is 1. The highest BCUT2D eigenvalue weighted by molar-refractivity contribution is 5.82. The van der Waals surface area contributed by atoms with Crippen molar-refractivity contribution < 1.29 is 9.59 Å². The van der Waals surface area contributed by atoms with Crippen LogP contribution in [0.3, 0.4) is 0 Å². The molecule has 0 saturated heterocycles. The maximum Gasteiger partial charge on any atom is 0.233 e.